The predicted molar refractivity (Wildman–Crippen MR) is 328 cm³/mol. The van der Waals surface area contributed by atoms with Gasteiger partial charge in [-0.3, -0.25) is 0 Å². The van der Waals surface area contributed by atoms with Crippen LogP contribution in [-0.4, -0.2) is 36.6 Å². The Kier molecular flexibility index (Phi) is 24.7. The largest absolute Gasteiger partial charge is 0.368 e. The van der Waals surface area contributed by atoms with E-state index < -0.39 is 62.4 Å². The Hall–Kier alpha value is -6.21. The van der Waals surface area contributed by atoms with Gasteiger partial charge in [0.2, 0.25) is 0 Å². The molecule has 84 heavy (non-hydrogen) atoms. The summed E-state index contributed by atoms with van der Waals surface area (Å²) in [5, 5.41) is 0. The van der Waals surface area contributed by atoms with Crippen molar-refractivity contribution in [3.63, 3.8) is 0 Å². The van der Waals surface area contributed by atoms with E-state index in [2.05, 4.69) is 0 Å². The summed E-state index contributed by atoms with van der Waals surface area (Å²) in [6, 6.07) is 89.6. The van der Waals surface area contributed by atoms with Crippen LogP contribution in [0.4, 0.5) is 0 Å². The average Bonchev–Trinajstić information content (AvgIpc) is 2.17. The predicted octanol–water partition coefficient (Wildman–Crippen LogP) is 16.9. The molecule has 2 unspecified atom stereocenters. The standard InChI is InChI=1S/C69H69O12P3/c1-10-28-55(29-11-1)46-70-64-65(71-47-56-30-12-2-13-31-56)67(79-82(73-49-58-34-16-4-17-35-58)74-50-59-36-18-5-19-37-59)69(81-84(77-53-62-42-24-8-25-43-62)78-54-63-44-26-9-27-45-63)68(66(64)72-48-57-32-14-3-15-33-57)80-83(75-51-60-38-20-6-21-39-60)76-52-61-40-22-7-23-41-61/h1-45,64-69H,46-54H2/t64?,65-,66+,67-,68-,69?/m0/s1. The van der Waals surface area contributed by atoms with Gasteiger partial charge >= 0.3 is 25.8 Å². The second-order valence-electron chi connectivity index (χ2n) is 19.7. The quantitative estimate of drug-likeness (QED) is 0.0365. The van der Waals surface area contributed by atoms with Crippen LogP contribution >= 0.6 is 25.8 Å². The zero-order valence-electron chi connectivity index (χ0n) is 46.5. The molecule has 15 heteroatoms. The van der Waals surface area contributed by atoms with Crippen LogP contribution in [0, 0.1) is 0 Å². The molecule has 0 saturated heterocycles. The molecule has 0 aromatic heterocycles. The third-order valence-electron chi connectivity index (χ3n) is 13.5. The number of benzene rings is 9. The van der Waals surface area contributed by atoms with Crippen molar-refractivity contribution < 1.29 is 54.9 Å². The number of hydrogen-bond donors (Lipinski definition) is 0. The van der Waals surface area contributed by atoms with E-state index in [1.165, 1.54) is 0 Å². The van der Waals surface area contributed by atoms with E-state index in [4.69, 9.17) is 54.9 Å². The Bertz CT molecular complexity index is 2900. The monoisotopic (exact) mass is 1180 g/mol. The van der Waals surface area contributed by atoms with Gasteiger partial charge in [-0.25, -0.2) is 0 Å². The first kappa shape index (κ1) is 60.9. The van der Waals surface area contributed by atoms with Crippen LogP contribution in [0.1, 0.15) is 50.1 Å². The lowest BCUT2D eigenvalue weighted by molar-refractivity contribution is -0.253. The summed E-state index contributed by atoms with van der Waals surface area (Å²) in [5.74, 6) is 0. The Balaban J connectivity index is 1.13. The first-order valence-electron chi connectivity index (χ1n) is 28.0. The lowest BCUT2D eigenvalue weighted by Crippen LogP contribution is -2.66. The van der Waals surface area contributed by atoms with Crippen molar-refractivity contribution in [1.82, 2.24) is 0 Å². The van der Waals surface area contributed by atoms with Gasteiger partial charge in [-0.05, 0) is 50.1 Å². The van der Waals surface area contributed by atoms with Gasteiger partial charge in [0.15, 0.2) is 0 Å². The van der Waals surface area contributed by atoms with Crippen molar-refractivity contribution in [3.05, 3.63) is 323 Å². The van der Waals surface area contributed by atoms with Crippen LogP contribution in [0.2, 0.25) is 0 Å². The molecule has 1 saturated carbocycles. The van der Waals surface area contributed by atoms with Crippen LogP contribution in [0.15, 0.2) is 273 Å². The maximum absolute atomic E-state index is 7.54. The van der Waals surface area contributed by atoms with E-state index >= 15 is 0 Å². The van der Waals surface area contributed by atoms with Crippen molar-refractivity contribution in [3.8, 4) is 0 Å². The van der Waals surface area contributed by atoms with E-state index in [0.717, 1.165) is 50.1 Å². The van der Waals surface area contributed by atoms with Crippen LogP contribution in [0.5, 0.6) is 0 Å². The van der Waals surface area contributed by atoms with E-state index in [1.807, 2.05) is 273 Å². The van der Waals surface area contributed by atoms with Gasteiger partial charge in [0.05, 0.1) is 59.5 Å². The summed E-state index contributed by atoms with van der Waals surface area (Å²) in [4.78, 5) is 0. The highest BCUT2D eigenvalue weighted by atomic mass is 31.2. The second kappa shape index (κ2) is 34.1. The second-order valence-corrected chi connectivity index (χ2v) is 23.2. The first-order chi connectivity index (χ1) is 41.6. The molecule has 0 spiro atoms. The Morgan fingerprint density at radius 2 is 0.321 bits per heavy atom. The number of rotatable bonds is 33. The summed E-state index contributed by atoms with van der Waals surface area (Å²) in [5.41, 5.74) is 8.31. The molecule has 12 nitrogen and oxygen atoms in total. The molecule has 0 heterocycles. The van der Waals surface area contributed by atoms with Crippen LogP contribution in [-0.2, 0) is 114 Å². The Labute approximate surface area is 497 Å². The SMILES string of the molecule is c1ccc(COC2[C@@H](OCc3ccccc3)[C@H](OP(OCc3ccccc3)OCc3ccccc3)C(OP(OCc3ccccc3)OCc3ccccc3)[C@@H](OP(OCc3ccccc3)OCc3ccccc3)[C@H]2OCc2ccccc2)cc1. The van der Waals surface area contributed by atoms with Gasteiger partial charge in [0.25, 0.3) is 0 Å². The molecule has 0 N–H and O–H groups in total. The molecule has 0 aliphatic heterocycles. The van der Waals surface area contributed by atoms with Gasteiger partial charge in [0.1, 0.15) is 36.6 Å². The van der Waals surface area contributed by atoms with Crippen molar-refractivity contribution in [2.45, 2.75) is 96.1 Å². The fourth-order valence-electron chi connectivity index (χ4n) is 9.15. The zero-order chi connectivity index (χ0) is 57.1. The van der Waals surface area contributed by atoms with Gasteiger partial charge < -0.3 is 54.9 Å². The Morgan fingerprint density at radius 3 is 0.500 bits per heavy atom. The molecule has 6 atom stereocenters. The third kappa shape index (κ3) is 19.7. The molecular formula is C69H69O12P3. The van der Waals surface area contributed by atoms with Crippen LogP contribution in [0.25, 0.3) is 0 Å². The van der Waals surface area contributed by atoms with E-state index in [1.54, 1.807) is 0 Å². The van der Waals surface area contributed by atoms with Crippen molar-refractivity contribution in [2.75, 3.05) is 0 Å². The van der Waals surface area contributed by atoms with Gasteiger partial charge in [-0.2, -0.15) is 0 Å². The third-order valence-corrected chi connectivity index (χ3v) is 16.8. The molecule has 1 fully saturated rings. The molecule has 1 aliphatic rings. The fraction of sp³-hybridized carbons (Fsp3) is 0.217. The minimum atomic E-state index is -2.27. The van der Waals surface area contributed by atoms with Gasteiger partial charge in [-0.15, -0.1) is 0 Å². The molecule has 0 amide bonds. The summed E-state index contributed by atoms with van der Waals surface area (Å²) >= 11 is 0. The highest BCUT2D eigenvalue weighted by Gasteiger charge is 2.58. The number of ether oxygens (including phenoxy) is 3. The van der Waals surface area contributed by atoms with E-state index in [-0.39, 0.29) is 59.5 Å². The lowest BCUT2D eigenvalue weighted by atomic mass is 9.84. The molecule has 1 aliphatic carbocycles. The zero-order valence-corrected chi connectivity index (χ0v) is 49.2. The van der Waals surface area contributed by atoms with Crippen molar-refractivity contribution in [1.29, 1.82) is 0 Å². The van der Waals surface area contributed by atoms with Crippen molar-refractivity contribution in [2.24, 2.45) is 0 Å². The molecule has 432 valence electrons. The highest BCUT2D eigenvalue weighted by Crippen LogP contribution is 2.54. The normalized spacial score (nSPS) is 17.9. The highest BCUT2D eigenvalue weighted by molar-refractivity contribution is 7.42. The van der Waals surface area contributed by atoms with Gasteiger partial charge in [0, 0.05) is 0 Å². The summed E-state index contributed by atoms with van der Waals surface area (Å²) in [7, 11) is -6.77. The Morgan fingerprint density at radius 1 is 0.179 bits per heavy atom. The smallest absolute Gasteiger partial charge is 0.333 e. The molecular weight excluding hydrogens is 1110 g/mol. The summed E-state index contributed by atoms with van der Waals surface area (Å²) < 4.78 is 85.4. The maximum Gasteiger partial charge on any atom is 0.333 e. The minimum Gasteiger partial charge on any atom is -0.368 e. The first-order valence-corrected chi connectivity index (χ1v) is 31.3. The lowest BCUT2D eigenvalue weighted by Gasteiger charge is -2.50. The number of hydrogen-bond acceptors (Lipinski definition) is 12. The minimum absolute atomic E-state index is 0.157. The van der Waals surface area contributed by atoms with Crippen LogP contribution < -0.4 is 0 Å². The van der Waals surface area contributed by atoms with E-state index in [0.29, 0.717) is 0 Å². The molecule has 9 aromatic carbocycles. The summed E-state index contributed by atoms with van der Waals surface area (Å²) in [6.07, 6.45) is -6.32. The van der Waals surface area contributed by atoms with Gasteiger partial charge in [-0.1, -0.05) is 273 Å². The molecule has 0 bridgehead atoms. The molecule has 0 radical (unpaired) electrons. The van der Waals surface area contributed by atoms with Crippen molar-refractivity contribution >= 4 is 25.8 Å². The topological polar surface area (TPSA) is 111 Å². The van der Waals surface area contributed by atoms with Crippen LogP contribution in [0.3, 0.4) is 0 Å². The average molecular weight is 1180 g/mol. The molecule has 9 aromatic rings. The molecule has 10 rings (SSSR count). The maximum atomic E-state index is 7.54. The summed E-state index contributed by atoms with van der Waals surface area (Å²) in [6.45, 7) is 1.50. The van der Waals surface area contributed by atoms with E-state index in [9.17, 15) is 0 Å². The fourth-order valence-corrected chi connectivity index (χ4v) is 12.6.